The fraction of sp³-hybridized carbons (Fsp3) is 0.368. The summed E-state index contributed by atoms with van der Waals surface area (Å²) in [6.45, 7) is 7.80. The first-order valence-corrected chi connectivity index (χ1v) is 8.57. The Kier molecular flexibility index (Phi) is 4.46. The van der Waals surface area contributed by atoms with Crippen molar-refractivity contribution in [1.82, 2.24) is 19.9 Å². The minimum atomic E-state index is -0.297. The van der Waals surface area contributed by atoms with E-state index >= 15 is 0 Å². The Morgan fingerprint density at radius 3 is 2.60 bits per heavy atom. The second-order valence-electron chi connectivity index (χ2n) is 6.62. The largest absolute Gasteiger partial charge is 0.356 e. The van der Waals surface area contributed by atoms with Gasteiger partial charge in [0, 0.05) is 63.1 Å². The third kappa shape index (κ3) is 3.55. The normalized spacial score (nSPS) is 16.6. The van der Waals surface area contributed by atoms with Gasteiger partial charge in [0.2, 0.25) is 0 Å². The standard InChI is InChI=1S/C19H21FN4O/c1-14-4-5-21-11-15(14)12-23-6-8-24(9-7-23)13-18-17-3-2-16(20)10-19(17)25-22-18/h2-5,10-11H,6-9,12-13H2,1H3. The molecule has 5 nitrogen and oxygen atoms in total. The van der Waals surface area contributed by atoms with E-state index in [2.05, 4.69) is 32.9 Å². The number of rotatable bonds is 4. The van der Waals surface area contributed by atoms with Crippen LogP contribution in [0.15, 0.2) is 41.2 Å². The molecular formula is C19H21FN4O. The molecular weight excluding hydrogens is 319 g/mol. The number of hydrogen-bond acceptors (Lipinski definition) is 5. The predicted molar refractivity (Wildman–Crippen MR) is 93.5 cm³/mol. The fourth-order valence-electron chi connectivity index (χ4n) is 3.30. The molecule has 0 saturated carbocycles. The highest BCUT2D eigenvalue weighted by Gasteiger charge is 2.20. The number of nitrogens with zero attached hydrogens (tertiary/aromatic N) is 4. The van der Waals surface area contributed by atoms with Crippen LogP contribution in [0.1, 0.15) is 16.8 Å². The second kappa shape index (κ2) is 6.90. The molecule has 0 unspecified atom stereocenters. The Morgan fingerprint density at radius 1 is 1.08 bits per heavy atom. The van der Waals surface area contributed by atoms with Crippen molar-refractivity contribution in [3.63, 3.8) is 0 Å². The molecule has 130 valence electrons. The maximum atomic E-state index is 13.2. The lowest BCUT2D eigenvalue weighted by Crippen LogP contribution is -2.45. The number of pyridine rings is 1. The van der Waals surface area contributed by atoms with Gasteiger partial charge in [0.15, 0.2) is 5.58 Å². The van der Waals surface area contributed by atoms with Crippen molar-refractivity contribution in [3.05, 3.63) is 59.3 Å². The number of halogens is 1. The van der Waals surface area contributed by atoms with Crippen LogP contribution in [0.3, 0.4) is 0 Å². The van der Waals surface area contributed by atoms with Gasteiger partial charge in [0.1, 0.15) is 11.5 Å². The molecule has 0 N–H and O–H groups in total. The summed E-state index contributed by atoms with van der Waals surface area (Å²) in [5.74, 6) is -0.297. The molecule has 3 aromatic rings. The molecule has 0 aliphatic carbocycles. The van der Waals surface area contributed by atoms with Gasteiger partial charge in [-0.25, -0.2) is 4.39 Å². The van der Waals surface area contributed by atoms with E-state index in [4.69, 9.17) is 4.52 Å². The smallest absolute Gasteiger partial charge is 0.170 e. The van der Waals surface area contributed by atoms with E-state index < -0.39 is 0 Å². The highest BCUT2D eigenvalue weighted by atomic mass is 19.1. The van der Waals surface area contributed by atoms with Crippen LogP contribution >= 0.6 is 0 Å². The second-order valence-corrected chi connectivity index (χ2v) is 6.62. The van der Waals surface area contributed by atoms with Crippen LogP contribution < -0.4 is 0 Å². The summed E-state index contributed by atoms with van der Waals surface area (Å²) in [7, 11) is 0. The van der Waals surface area contributed by atoms with Gasteiger partial charge >= 0.3 is 0 Å². The van der Waals surface area contributed by atoms with E-state index in [-0.39, 0.29) is 5.82 Å². The van der Waals surface area contributed by atoms with E-state index in [1.54, 1.807) is 6.07 Å². The van der Waals surface area contributed by atoms with Crippen molar-refractivity contribution >= 4 is 11.0 Å². The van der Waals surface area contributed by atoms with Crippen molar-refractivity contribution in [2.75, 3.05) is 26.2 Å². The van der Waals surface area contributed by atoms with Crippen LogP contribution in [0.5, 0.6) is 0 Å². The first-order valence-electron chi connectivity index (χ1n) is 8.57. The molecule has 0 bridgehead atoms. The number of aromatic nitrogens is 2. The molecule has 1 aliphatic rings. The Balaban J connectivity index is 1.36. The number of hydrogen-bond donors (Lipinski definition) is 0. The SMILES string of the molecule is Cc1ccncc1CN1CCN(Cc2noc3cc(F)ccc23)CC1. The highest BCUT2D eigenvalue weighted by Crippen LogP contribution is 2.21. The number of fused-ring (bicyclic) bond motifs is 1. The van der Waals surface area contributed by atoms with Crippen molar-refractivity contribution in [2.45, 2.75) is 20.0 Å². The topological polar surface area (TPSA) is 45.4 Å². The summed E-state index contributed by atoms with van der Waals surface area (Å²) in [5.41, 5.74) is 3.98. The summed E-state index contributed by atoms with van der Waals surface area (Å²) in [6.07, 6.45) is 3.80. The van der Waals surface area contributed by atoms with Crippen molar-refractivity contribution in [3.8, 4) is 0 Å². The van der Waals surface area contributed by atoms with Crippen molar-refractivity contribution in [1.29, 1.82) is 0 Å². The van der Waals surface area contributed by atoms with Crippen LogP contribution in [0, 0.1) is 12.7 Å². The summed E-state index contributed by atoms with van der Waals surface area (Å²) in [4.78, 5) is 9.05. The first-order chi connectivity index (χ1) is 12.2. The summed E-state index contributed by atoms with van der Waals surface area (Å²) < 4.78 is 18.5. The minimum Gasteiger partial charge on any atom is -0.356 e. The highest BCUT2D eigenvalue weighted by molar-refractivity contribution is 5.79. The quantitative estimate of drug-likeness (QED) is 0.731. The maximum Gasteiger partial charge on any atom is 0.170 e. The Hall–Kier alpha value is -2.31. The zero-order valence-corrected chi connectivity index (χ0v) is 14.3. The molecule has 1 aliphatic heterocycles. The summed E-state index contributed by atoms with van der Waals surface area (Å²) in [6, 6.07) is 6.65. The molecule has 0 amide bonds. The molecule has 6 heteroatoms. The van der Waals surface area contributed by atoms with Gasteiger partial charge in [0.25, 0.3) is 0 Å². The zero-order valence-electron chi connectivity index (χ0n) is 14.3. The Bertz CT molecular complexity index is 871. The van der Waals surface area contributed by atoms with Crippen molar-refractivity contribution < 1.29 is 8.91 Å². The Labute approximate surface area is 146 Å². The number of piperazine rings is 1. The number of aryl methyl sites for hydroxylation is 1. The lowest BCUT2D eigenvalue weighted by atomic mass is 10.1. The molecule has 4 rings (SSSR count). The van der Waals surface area contributed by atoms with E-state index in [0.29, 0.717) is 5.58 Å². The molecule has 0 atom stereocenters. The van der Waals surface area contributed by atoms with Crippen LogP contribution in [0.4, 0.5) is 4.39 Å². The summed E-state index contributed by atoms with van der Waals surface area (Å²) in [5, 5.41) is 5.02. The molecule has 1 saturated heterocycles. The lowest BCUT2D eigenvalue weighted by Gasteiger charge is -2.34. The van der Waals surface area contributed by atoms with Gasteiger partial charge < -0.3 is 4.52 Å². The molecule has 1 fully saturated rings. The minimum absolute atomic E-state index is 0.297. The molecule has 2 aromatic heterocycles. The number of benzene rings is 1. The lowest BCUT2D eigenvalue weighted by molar-refractivity contribution is 0.120. The monoisotopic (exact) mass is 340 g/mol. The maximum absolute atomic E-state index is 13.2. The van der Waals surface area contributed by atoms with E-state index in [0.717, 1.165) is 50.3 Å². The first kappa shape index (κ1) is 16.2. The van der Waals surface area contributed by atoms with Gasteiger partial charge in [-0.05, 0) is 36.2 Å². The van der Waals surface area contributed by atoms with E-state index in [1.165, 1.54) is 23.3 Å². The van der Waals surface area contributed by atoms with Gasteiger partial charge in [-0.2, -0.15) is 0 Å². The molecule has 25 heavy (non-hydrogen) atoms. The van der Waals surface area contributed by atoms with Crippen LogP contribution in [0.25, 0.3) is 11.0 Å². The van der Waals surface area contributed by atoms with Crippen LogP contribution in [-0.4, -0.2) is 46.1 Å². The molecule has 0 radical (unpaired) electrons. The average Bonchev–Trinajstić information content (AvgIpc) is 3.00. The van der Waals surface area contributed by atoms with Crippen LogP contribution in [-0.2, 0) is 13.1 Å². The van der Waals surface area contributed by atoms with Gasteiger partial charge in [0.05, 0.1) is 0 Å². The third-order valence-electron chi connectivity index (χ3n) is 4.89. The van der Waals surface area contributed by atoms with E-state index in [9.17, 15) is 4.39 Å². The van der Waals surface area contributed by atoms with Crippen molar-refractivity contribution in [2.24, 2.45) is 0 Å². The molecule has 3 heterocycles. The van der Waals surface area contributed by atoms with E-state index in [1.807, 2.05) is 12.4 Å². The van der Waals surface area contributed by atoms with Gasteiger partial charge in [-0.15, -0.1) is 0 Å². The van der Waals surface area contributed by atoms with Gasteiger partial charge in [-0.1, -0.05) is 5.16 Å². The Morgan fingerprint density at radius 2 is 1.84 bits per heavy atom. The predicted octanol–water partition coefficient (Wildman–Crippen LogP) is 2.99. The summed E-state index contributed by atoms with van der Waals surface area (Å²) >= 11 is 0. The fourth-order valence-corrected chi connectivity index (χ4v) is 3.30. The average molecular weight is 340 g/mol. The van der Waals surface area contributed by atoms with Crippen LogP contribution in [0.2, 0.25) is 0 Å². The third-order valence-corrected chi connectivity index (χ3v) is 4.89. The zero-order chi connectivity index (χ0) is 17.2. The molecule has 1 aromatic carbocycles. The van der Waals surface area contributed by atoms with Gasteiger partial charge in [-0.3, -0.25) is 14.8 Å². The molecule has 0 spiro atoms.